The molecule has 1 unspecified atom stereocenters. The minimum atomic E-state index is 0.382. The van der Waals surface area contributed by atoms with Gasteiger partial charge in [-0.3, -0.25) is 0 Å². The van der Waals surface area contributed by atoms with Gasteiger partial charge in [-0.05, 0) is 30.4 Å². The Balaban J connectivity index is 2.01. The second kappa shape index (κ2) is 7.32. The third kappa shape index (κ3) is 3.75. The molecule has 1 aliphatic rings. The van der Waals surface area contributed by atoms with E-state index in [1.165, 1.54) is 24.0 Å². The van der Waals surface area contributed by atoms with Crippen molar-refractivity contribution < 1.29 is 0 Å². The van der Waals surface area contributed by atoms with Crippen LogP contribution in [0.1, 0.15) is 50.7 Å². The van der Waals surface area contributed by atoms with Crippen LogP contribution in [-0.4, -0.2) is 23.4 Å². The number of nitrogens with two attached hydrogens (primary N) is 1. The zero-order chi connectivity index (χ0) is 14.4. The Labute approximate surface area is 122 Å². The standard InChI is InChI=1S/C17H27N3/c1-3-5-10-16(4-2)19-17(18)20-12-11-14-8-6-7-9-15(14)13-20/h6-9,16H,3-5,10-13H2,1-2H3,(H2,18,19). The molecule has 1 heterocycles. The SMILES string of the molecule is CCCCC(CC)N=C(N)N1CCc2ccccc2C1. The van der Waals surface area contributed by atoms with Crippen LogP contribution in [-0.2, 0) is 13.0 Å². The first kappa shape index (κ1) is 14.9. The predicted octanol–water partition coefficient (Wildman–Crippen LogP) is 3.33. The number of hydrogen-bond donors (Lipinski definition) is 1. The highest BCUT2D eigenvalue weighted by Crippen LogP contribution is 2.18. The van der Waals surface area contributed by atoms with Gasteiger partial charge in [0.1, 0.15) is 0 Å². The van der Waals surface area contributed by atoms with Gasteiger partial charge in [0.2, 0.25) is 0 Å². The lowest BCUT2D eigenvalue weighted by Gasteiger charge is -2.30. The third-order valence-corrected chi connectivity index (χ3v) is 4.13. The predicted molar refractivity (Wildman–Crippen MR) is 85.8 cm³/mol. The molecule has 20 heavy (non-hydrogen) atoms. The summed E-state index contributed by atoms with van der Waals surface area (Å²) in [5, 5.41) is 0. The van der Waals surface area contributed by atoms with Gasteiger partial charge < -0.3 is 10.6 Å². The summed E-state index contributed by atoms with van der Waals surface area (Å²) in [6.45, 7) is 6.30. The van der Waals surface area contributed by atoms with Crippen LogP contribution in [0.3, 0.4) is 0 Å². The van der Waals surface area contributed by atoms with Crippen LogP contribution < -0.4 is 5.73 Å². The van der Waals surface area contributed by atoms with Crippen molar-refractivity contribution in [3.05, 3.63) is 35.4 Å². The number of nitrogens with zero attached hydrogens (tertiary/aromatic N) is 2. The number of hydrogen-bond acceptors (Lipinski definition) is 1. The summed E-state index contributed by atoms with van der Waals surface area (Å²) in [4.78, 5) is 6.97. The van der Waals surface area contributed by atoms with Crippen LogP contribution in [0.5, 0.6) is 0 Å². The van der Waals surface area contributed by atoms with E-state index in [1.54, 1.807) is 0 Å². The van der Waals surface area contributed by atoms with Gasteiger partial charge in [-0.15, -0.1) is 0 Å². The highest BCUT2D eigenvalue weighted by Gasteiger charge is 2.17. The minimum Gasteiger partial charge on any atom is -0.370 e. The summed E-state index contributed by atoms with van der Waals surface area (Å²) in [5.41, 5.74) is 9.07. The van der Waals surface area contributed by atoms with Gasteiger partial charge in [-0.2, -0.15) is 0 Å². The lowest BCUT2D eigenvalue weighted by Crippen LogP contribution is -2.41. The Morgan fingerprint density at radius 3 is 2.75 bits per heavy atom. The summed E-state index contributed by atoms with van der Waals surface area (Å²) < 4.78 is 0. The van der Waals surface area contributed by atoms with Gasteiger partial charge in [0.25, 0.3) is 0 Å². The maximum absolute atomic E-state index is 6.23. The molecule has 3 heteroatoms. The topological polar surface area (TPSA) is 41.6 Å². The van der Waals surface area contributed by atoms with E-state index in [2.05, 4.69) is 43.0 Å². The summed E-state index contributed by atoms with van der Waals surface area (Å²) in [6.07, 6.45) is 5.75. The number of unbranched alkanes of at least 4 members (excludes halogenated alkanes) is 1. The average Bonchev–Trinajstić information content (AvgIpc) is 2.50. The summed E-state index contributed by atoms with van der Waals surface area (Å²) in [6, 6.07) is 9.02. The van der Waals surface area contributed by atoms with Crippen LogP contribution >= 0.6 is 0 Å². The fourth-order valence-electron chi connectivity index (χ4n) is 2.76. The van der Waals surface area contributed by atoms with Gasteiger partial charge >= 0.3 is 0 Å². The number of aliphatic imine (C=N–C) groups is 1. The molecule has 2 N–H and O–H groups in total. The number of rotatable bonds is 5. The number of guanidine groups is 1. The monoisotopic (exact) mass is 273 g/mol. The van der Waals surface area contributed by atoms with Crippen LogP contribution in [0.15, 0.2) is 29.3 Å². The lowest BCUT2D eigenvalue weighted by atomic mass is 10.0. The Bertz CT molecular complexity index is 453. The van der Waals surface area contributed by atoms with Crippen molar-refractivity contribution in [3.8, 4) is 0 Å². The summed E-state index contributed by atoms with van der Waals surface area (Å²) in [7, 11) is 0. The van der Waals surface area contributed by atoms with Crippen LogP contribution in [0.2, 0.25) is 0 Å². The van der Waals surface area contributed by atoms with E-state index in [9.17, 15) is 0 Å². The highest BCUT2D eigenvalue weighted by atomic mass is 15.3. The normalized spacial score (nSPS) is 16.9. The zero-order valence-corrected chi connectivity index (χ0v) is 12.8. The van der Waals surface area contributed by atoms with E-state index < -0.39 is 0 Å². The summed E-state index contributed by atoms with van der Waals surface area (Å²) in [5.74, 6) is 0.724. The fourth-order valence-corrected chi connectivity index (χ4v) is 2.76. The smallest absolute Gasteiger partial charge is 0.191 e. The van der Waals surface area contributed by atoms with E-state index in [0.29, 0.717) is 6.04 Å². The molecule has 0 saturated carbocycles. The molecule has 1 aromatic rings. The maximum atomic E-state index is 6.23. The van der Waals surface area contributed by atoms with Gasteiger partial charge in [-0.25, -0.2) is 4.99 Å². The fraction of sp³-hybridized carbons (Fsp3) is 0.588. The molecule has 1 atom stereocenters. The van der Waals surface area contributed by atoms with E-state index in [4.69, 9.17) is 10.7 Å². The molecule has 0 bridgehead atoms. The highest BCUT2D eigenvalue weighted by molar-refractivity contribution is 5.78. The first-order valence-electron chi connectivity index (χ1n) is 7.89. The van der Waals surface area contributed by atoms with E-state index in [1.807, 2.05) is 0 Å². The van der Waals surface area contributed by atoms with Gasteiger partial charge in [0.15, 0.2) is 5.96 Å². The lowest BCUT2D eigenvalue weighted by molar-refractivity contribution is 0.384. The molecule has 0 aromatic heterocycles. The molecule has 0 aliphatic carbocycles. The van der Waals surface area contributed by atoms with Crippen molar-refractivity contribution in [1.29, 1.82) is 0 Å². The number of fused-ring (bicyclic) bond motifs is 1. The van der Waals surface area contributed by atoms with E-state index in [0.717, 1.165) is 38.3 Å². The molecule has 0 amide bonds. The molecule has 0 spiro atoms. The Morgan fingerprint density at radius 2 is 2.05 bits per heavy atom. The van der Waals surface area contributed by atoms with Gasteiger partial charge in [0, 0.05) is 13.1 Å². The first-order valence-corrected chi connectivity index (χ1v) is 7.89. The molecular weight excluding hydrogens is 246 g/mol. The summed E-state index contributed by atoms with van der Waals surface area (Å²) >= 11 is 0. The van der Waals surface area contributed by atoms with Crippen LogP contribution in [0.4, 0.5) is 0 Å². The molecule has 0 radical (unpaired) electrons. The Kier molecular flexibility index (Phi) is 5.45. The minimum absolute atomic E-state index is 0.382. The van der Waals surface area contributed by atoms with E-state index in [-0.39, 0.29) is 0 Å². The van der Waals surface area contributed by atoms with Crippen molar-refractivity contribution in [2.75, 3.05) is 6.54 Å². The second-order valence-corrected chi connectivity index (χ2v) is 5.63. The molecule has 110 valence electrons. The number of benzene rings is 1. The maximum Gasteiger partial charge on any atom is 0.191 e. The zero-order valence-electron chi connectivity index (χ0n) is 12.8. The average molecular weight is 273 g/mol. The quantitative estimate of drug-likeness (QED) is 0.660. The van der Waals surface area contributed by atoms with Crippen molar-refractivity contribution >= 4 is 5.96 Å². The third-order valence-electron chi connectivity index (χ3n) is 4.13. The molecule has 2 rings (SSSR count). The molecule has 0 saturated heterocycles. The van der Waals surface area contributed by atoms with Crippen molar-refractivity contribution in [2.45, 2.75) is 58.5 Å². The van der Waals surface area contributed by atoms with Crippen molar-refractivity contribution in [3.63, 3.8) is 0 Å². The molecule has 1 aliphatic heterocycles. The first-order chi connectivity index (χ1) is 9.74. The Hall–Kier alpha value is -1.51. The largest absolute Gasteiger partial charge is 0.370 e. The van der Waals surface area contributed by atoms with E-state index >= 15 is 0 Å². The Morgan fingerprint density at radius 1 is 1.30 bits per heavy atom. The van der Waals surface area contributed by atoms with Crippen molar-refractivity contribution in [2.24, 2.45) is 10.7 Å². The molecular formula is C17H27N3. The molecule has 3 nitrogen and oxygen atoms in total. The van der Waals surface area contributed by atoms with Gasteiger partial charge in [-0.1, -0.05) is 51.0 Å². The van der Waals surface area contributed by atoms with Crippen LogP contribution in [0, 0.1) is 0 Å². The molecule has 1 aromatic carbocycles. The molecule has 0 fully saturated rings. The van der Waals surface area contributed by atoms with Crippen LogP contribution in [0.25, 0.3) is 0 Å². The second-order valence-electron chi connectivity index (χ2n) is 5.63. The van der Waals surface area contributed by atoms with Gasteiger partial charge in [0.05, 0.1) is 6.04 Å². The van der Waals surface area contributed by atoms with Crippen molar-refractivity contribution in [1.82, 2.24) is 4.90 Å².